The standard InChI is InChI=1S/C45H32N10O21S6/c56-37-22-41(82(74,75)76)42(54-52-35-15-7-28(20-38(35)79(65,66)67)50-48-24-1-9-30(10-2-24)77(59,60)61)34-19-27(6-14-33(34)37)47-45(58)46-26-5-13-32-23(17-26)18-40(81(71,72)73)43(44(32)57)55-53-36-16-8-29(21-39(36)80(68,69)70)51-49-25-3-11-31(12-4-25)78(62,63)64/h1-22,56-57H,(H2,46,47,58)(H,59,60,61)(H,62,63,64)(H,65,66,67)(H,68,69,70)(H,71,72,73)(H,74,75,76). The van der Waals surface area contributed by atoms with Crippen molar-refractivity contribution >= 4 is 145 Å². The van der Waals surface area contributed by atoms with Crippen LogP contribution in [0.25, 0.3) is 21.5 Å². The molecule has 2 amide bonds. The number of fused-ring (bicyclic) bond motifs is 2. The first-order chi connectivity index (χ1) is 38.1. The first kappa shape index (κ1) is 59.1. The van der Waals surface area contributed by atoms with Crippen LogP contribution in [0.4, 0.5) is 61.7 Å². The predicted molar refractivity (Wildman–Crippen MR) is 285 cm³/mol. The van der Waals surface area contributed by atoms with Gasteiger partial charge in [0.25, 0.3) is 60.7 Å². The summed E-state index contributed by atoms with van der Waals surface area (Å²) in [4.78, 5) is 8.48. The lowest BCUT2D eigenvalue weighted by molar-refractivity contribution is 0.262. The second-order valence-corrected chi connectivity index (χ2v) is 24.9. The Bertz CT molecular complexity index is 4840. The maximum atomic E-state index is 13.4. The molecular formula is C45H32N10O21S6. The molecule has 37 heteroatoms. The van der Waals surface area contributed by atoms with Gasteiger partial charge in [-0.2, -0.15) is 71.0 Å². The van der Waals surface area contributed by atoms with Crippen molar-refractivity contribution in [2.45, 2.75) is 29.4 Å². The minimum atomic E-state index is -5.31. The van der Waals surface area contributed by atoms with E-state index < -0.39 is 130 Å². The van der Waals surface area contributed by atoms with E-state index in [-0.39, 0.29) is 55.7 Å². The normalized spacial score (nSPS) is 13.0. The Balaban J connectivity index is 1.06. The maximum absolute atomic E-state index is 13.4. The summed E-state index contributed by atoms with van der Waals surface area (Å²) in [5.74, 6) is -1.68. The maximum Gasteiger partial charge on any atom is 0.323 e. The Kier molecular flexibility index (Phi) is 16.0. The van der Waals surface area contributed by atoms with Crippen LogP contribution >= 0.6 is 0 Å². The van der Waals surface area contributed by atoms with Gasteiger partial charge in [-0.3, -0.25) is 27.3 Å². The summed E-state index contributed by atoms with van der Waals surface area (Å²) in [6.07, 6.45) is 0. The molecule has 8 aromatic carbocycles. The zero-order valence-corrected chi connectivity index (χ0v) is 45.0. The van der Waals surface area contributed by atoms with Crippen LogP contribution in [0.2, 0.25) is 0 Å². The molecule has 10 N–H and O–H groups in total. The Morgan fingerprint density at radius 1 is 0.341 bits per heavy atom. The smallest absolute Gasteiger partial charge is 0.323 e. The molecule has 0 aliphatic carbocycles. The van der Waals surface area contributed by atoms with E-state index in [1.54, 1.807) is 0 Å². The van der Waals surface area contributed by atoms with Crippen molar-refractivity contribution in [2.24, 2.45) is 40.9 Å². The first-order valence-electron chi connectivity index (χ1n) is 21.8. The molecule has 0 aromatic heterocycles. The van der Waals surface area contributed by atoms with E-state index >= 15 is 0 Å². The molecule has 424 valence electrons. The van der Waals surface area contributed by atoms with E-state index in [1.165, 1.54) is 18.2 Å². The van der Waals surface area contributed by atoms with Crippen molar-refractivity contribution in [3.8, 4) is 11.5 Å². The summed E-state index contributed by atoms with van der Waals surface area (Å²) in [6.45, 7) is 0. The molecule has 0 atom stereocenters. The summed E-state index contributed by atoms with van der Waals surface area (Å²) in [5, 5.41) is 56.4. The van der Waals surface area contributed by atoms with Crippen molar-refractivity contribution in [3.63, 3.8) is 0 Å². The van der Waals surface area contributed by atoms with Gasteiger partial charge in [-0.05, 0) is 133 Å². The topological polar surface area (TPSA) is 507 Å². The fourth-order valence-electron chi connectivity index (χ4n) is 7.28. The van der Waals surface area contributed by atoms with Gasteiger partial charge in [-0.15, -0.1) is 20.5 Å². The van der Waals surface area contributed by atoms with Crippen molar-refractivity contribution in [3.05, 3.63) is 133 Å². The Morgan fingerprint density at radius 3 is 1.17 bits per heavy atom. The molecule has 0 saturated carbocycles. The zero-order valence-electron chi connectivity index (χ0n) is 40.1. The van der Waals surface area contributed by atoms with E-state index in [0.29, 0.717) is 6.07 Å². The van der Waals surface area contributed by atoms with Gasteiger partial charge in [0, 0.05) is 33.6 Å². The van der Waals surface area contributed by atoms with Gasteiger partial charge >= 0.3 is 6.03 Å². The van der Waals surface area contributed by atoms with Crippen molar-refractivity contribution < 1.29 is 92.8 Å². The number of phenolic OH excluding ortho intramolecular Hbond substituents is 2. The highest BCUT2D eigenvalue weighted by molar-refractivity contribution is 7.87. The van der Waals surface area contributed by atoms with E-state index in [2.05, 4.69) is 51.5 Å². The van der Waals surface area contributed by atoms with Crippen LogP contribution in [0.15, 0.2) is 204 Å². The largest absolute Gasteiger partial charge is 0.507 e. The highest BCUT2D eigenvalue weighted by Crippen LogP contribution is 2.44. The van der Waals surface area contributed by atoms with Crippen LogP contribution in [0.1, 0.15) is 0 Å². The number of azo groups is 4. The summed E-state index contributed by atoms with van der Waals surface area (Å²) < 4.78 is 204. The summed E-state index contributed by atoms with van der Waals surface area (Å²) in [7, 11) is -30.0. The lowest BCUT2D eigenvalue weighted by Crippen LogP contribution is -2.19. The lowest BCUT2D eigenvalue weighted by atomic mass is 10.1. The second kappa shape index (κ2) is 22.2. The van der Waals surface area contributed by atoms with E-state index in [1.807, 2.05) is 0 Å². The summed E-state index contributed by atoms with van der Waals surface area (Å²) in [5.41, 5.74) is -3.53. The molecular weight excluding hydrogens is 1210 g/mol. The van der Waals surface area contributed by atoms with Crippen molar-refractivity contribution in [2.75, 3.05) is 10.6 Å². The van der Waals surface area contributed by atoms with Gasteiger partial charge in [-0.1, -0.05) is 0 Å². The van der Waals surface area contributed by atoms with E-state index in [4.69, 9.17) is 4.55 Å². The molecule has 0 bridgehead atoms. The highest BCUT2D eigenvalue weighted by Gasteiger charge is 2.26. The van der Waals surface area contributed by atoms with E-state index in [0.717, 1.165) is 109 Å². The third-order valence-electron chi connectivity index (χ3n) is 11.0. The van der Waals surface area contributed by atoms with Gasteiger partial charge in [0.1, 0.15) is 48.1 Å². The van der Waals surface area contributed by atoms with Crippen LogP contribution in [-0.4, -0.2) is 94.1 Å². The Hall–Kier alpha value is -8.99. The van der Waals surface area contributed by atoms with Gasteiger partial charge in [0.15, 0.2) is 5.75 Å². The number of nitrogens with one attached hydrogen (secondary N) is 2. The fraction of sp³-hybridized carbons (Fsp3) is 0. The molecule has 0 spiro atoms. The third-order valence-corrected chi connectivity index (χ3v) is 16.2. The number of phenols is 2. The lowest BCUT2D eigenvalue weighted by Gasteiger charge is -2.13. The molecule has 0 saturated heterocycles. The molecule has 8 aromatic rings. The summed E-state index contributed by atoms with van der Waals surface area (Å²) in [6, 6.07) is 21.7. The number of hydrogen-bond acceptors (Lipinski definition) is 23. The van der Waals surface area contributed by atoms with Crippen LogP contribution < -0.4 is 10.6 Å². The number of anilines is 2. The highest BCUT2D eigenvalue weighted by atomic mass is 32.2. The molecule has 0 aliphatic heterocycles. The van der Waals surface area contributed by atoms with Gasteiger partial charge in [-0.25, -0.2) is 4.79 Å². The van der Waals surface area contributed by atoms with Crippen LogP contribution in [0, 0.1) is 0 Å². The van der Waals surface area contributed by atoms with Crippen molar-refractivity contribution in [1.82, 2.24) is 0 Å². The summed E-state index contributed by atoms with van der Waals surface area (Å²) >= 11 is 0. The average molecular weight is 1240 g/mol. The molecule has 0 unspecified atom stereocenters. The molecule has 0 radical (unpaired) electrons. The SMILES string of the molecule is O=C(Nc1ccc2c(O)c(N=Nc3ccc(N=Nc4ccc(S(=O)(=O)O)cc4)cc3S(=O)(=O)O)c(S(=O)(=O)O)cc2c1)Nc1ccc2c(O)cc(S(=O)(=O)O)c(N=Nc3ccc(N=Nc4ccc(S(=O)(=O)O)cc4)cc3S(=O)(=O)O)c2c1. The predicted octanol–water partition coefficient (Wildman–Crippen LogP) is 10.2. The number of benzene rings is 8. The minimum absolute atomic E-state index is 0.0440. The number of nitrogens with zero attached hydrogens (tertiary/aromatic N) is 8. The molecule has 0 heterocycles. The quantitative estimate of drug-likeness (QED) is 0.0317. The molecule has 8 rings (SSSR count). The van der Waals surface area contributed by atoms with Gasteiger partial charge in [0.05, 0.1) is 32.5 Å². The van der Waals surface area contributed by atoms with Crippen LogP contribution in [0.5, 0.6) is 11.5 Å². The van der Waals surface area contributed by atoms with Crippen LogP contribution in [-0.2, 0) is 60.7 Å². The number of carbonyl (C=O) groups excluding carboxylic acids is 1. The number of aromatic hydroxyl groups is 2. The molecule has 0 aliphatic rings. The van der Waals surface area contributed by atoms with Crippen molar-refractivity contribution in [1.29, 1.82) is 0 Å². The number of carbonyl (C=O) groups is 1. The Labute approximate surface area is 461 Å². The average Bonchev–Trinajstić information content (AvgIpc) is 3.58. The Morgan fingerprint density at radius 2 is 0.732 bits per heavy atom. The number of urea groups is 1. The van der Waals surface area contributed by atoms with Crippen LogP contribution in [0.3, 0.4) is 0 Å². The third kappa shape index (κ3) is 13.8. The number of hydrogen-bond donors (Lipinski definition) is 10. The second-order valence-electron chi connectivity index (χ2n) is 16.5. The molecule has 0 fully saturated rings. The number of rotatable bonds is 16. The zero-order chi connectivity index (χ0) is 59.9. The molecule has 82 heavy (non-hydrogen) atoms. The monoisotopic (exact) mass is 1240 g/mol. The number of amides is 2. The van der Waals surface area contributed by atoms with E-state index in [9.17, 15) is 88.3 Å². The molecule has 31 nitrogen and oxygen atoms in total. The first-order valence-corrected chi connectivity index (χ1v) is 30.5. The van der Waals surface area contributed by atoms with Gasteiger partial charge in [0.2, 0.25) is 0 Å². The fourth-order valence-corrected chi connectivity index (χ4v) is 10.8. The minimum Gasteiger partial charge on any atom is -0.507 e. The van der Waals surface area contributed by atoms with Gasteiger partial charge < -0.3 is 20.8 Å².